The predicted molar refractivity (Wildman–Crippen MR) is 98.7 cm³/mol. The number of nitrogens with one attached hydrogen (secondary N) is 2. The number of ether oxygens (including phenoxy) is 1. The maximum atomic E-state index is 5.70. The third-order valence-corrected chi connectivity index (χ3v) is 5.03. The highest BCUT2D eigenvalue weighted by molar-refractivity contribution is 5.80. The molecule has 1 aromatic carbocycles. The molecular weight excluding hydrogens is 300 g/mol. The van der Waals surface area contributed by atoms with Crippen molar-refractivity contribution in [1.29, 1.82) is 0 Å². The predicted octanol–water partition coefficient (Wildman–Crippen LogP) is 2.25. The van der Waals surface area contributed by atoms with Gasteiger partial charge in [0.15, 0.2) is 5.96 Å². The van der Waals surface area contributed by atoms with Crippen LogP contribution in [0.5, 0.6) is 5.75 Å². The van der Waals surface area contributed by atoms with Gasteiger partial charge < -0.3 is 15.4 Å². The van der Waals surface area contributed by atoms with Crippen LogP contribution >= 0.6 is 0 Å². The molecule has 0 bridgehead atoms. The van der Waals surface area contributed by atoms with Gasteiger partial charge in [-0.3, -0.25) is 9.89 Å². The molecule has 5 nitrogen and oxygen atoms in total. The summed E-state index contributed by atoms with van der Waals surface area (Å²) in [6, 6.07) is 11.2. The van der Waals surface area contributed by atoms with E-state index < -0.39 is 0 Å². The fraction of sp³-hybridized carbons (Fsp3) is 0.632. The number of nitrogens with zero attached hydrogens (tertiary/aromatic N) is 2. The van der Waals surface area contributed by atoms with E-state index in [0.29, 0.717) is 12.6 Å². The van der Waals surface area contributed by atoms with Gasteiger partial charge in [0.1, 0.15) is 12.4 Å². The molecule has 1 aliphatic heterocycles. The Labute approximate surface area is 145 Å². The topological polar surface area (TPSA) is 48.9 Å². The van der Waals surface area contributed by atoms with Crippen LogP contribution in [0.25, 0.3) is 0 Å². The maximum Gasteiger partial charge on any atom is 0.191 e. The number of hydrogen-bond donors (Lipinski definition) is 2. The van der Waals surface area contributed by atoms with Crippen LogP contribution < -0.4 is 15.4 Å². The summed E-state index contributed by atoms with van der Waals surface area (Å²) < 4.78 is 5.70. The maximum absolute atomic E-state index is 5.70. The van der Waals surface area contributed by atoms with Crippen LogP contribution in [0.4, 0.5) is 0 Å². The Balaban J connectivity index is 1.34. The van der Waals surface area contributed by atoms with Gasteiger partial charge in [0.2, 0.25) is 0 Å². The Hall–Kier alpha value is -1.75. The molecule has 5 heteroatoms. The number of guanidine groups is 1. The van der Waals surface area contributed by atoms with Gasteiger partial charge in [0, 0.05) is 32.2 Å². The highest BCUT2D eigenvalue weighted by Gasteiger charge is 2.30. The summed E-state index contributed by atoms with van der Waals surface area (Å²) in [4.78, 5) is 7.00. The number of likely N-dealkylation sites (tertiary alicyclic amines) is 1. The van der Waals surface area contributed by atoms with Crippen molar-refractivity contribution in [2.45, 2.75) is 44.2 Å². The van der Waals surface area contributed by atoms with Gasteiger partial charge in [0.05, 0.1) is 6.54 Å². The highest BCUT2D eigenvalue weighted by atomic mass is 16.5. The Bertz CT molecular complexity index is 513. The molecule has 1 heterocycles. The van der Waals surface area contributed by atoms with Gasteiger partial charge in [-0.15, -0.1) is 0 Å². The molecule has 0 spiro atoms. The van der Waals surface area contributed by atoms with Gasteiger partial charge in [0.25, 0.3) is 0 Å². The van der Waals surface area contributed by atoms with Crippen molar-refractivity contribution in [2.24, 2.45) is 4.99 Å². The average Bonchev–Trinajstić information content (AvgIpc) is 3.30. The minimum Gasteiger partial charge on any atom is -0.492 e. The Morgan fingerprint density at radius 1 is 1.21 bits per heavy atom. The highest BCUT2D eigenvalue weighted by Crippen LogP contribution is 2.26. The van der Waals surface area contributed by atoms with Crippen LogP contribution in [0.15, 0.2) is 35.3 Å². The molecule has 1 saturated carbocycles. The van der Waals surface area contributed by atoms with Crippen LogP contribution in [-0.2, 0) is 0 Å². The third-order valence-electron chi connectivity index (χ3n) is 5.03. The van der Waals surface area contributed by atoms with Crippen molar-refractivity contribution in [1.82, 2.24) is 15.5 Å². The van der Waals surface area contributed by atoms with E-state index in [9.17, 15) is 0 Å². The lowest BCUT2D eigenvalue weighted by atomic mass is 10.2. The lowest BCUT2D eigenvalue weighted by Crippen LogP contribution is -2.46. The molecule has 0 amide bonds. The van der Waals surface area contributed by atoms with Gasteiger partial charge in [-0.25, -0.2) is 0 Å². The minimum absolute atomic E-state index is 0.506. The molecule has 2 N–H and O–H groups in total. The Morgan fingerprint density at radius 2 is 2.00 bits per heavy atom. The van der Waals surface area contributed by atoms with Crippen molar-refractivity contribution < 1.29 is 4.74 Å². The first kappa shape index (κ1) is 17.1. The molecule has 2 fully saturated rings. The van der Waals surface area contributed by atoms with Gasteiger partial charge in [-0.1, -0.05) is 31.0 Å². The number of para-hydroxylation sites is 1. The molecule has 3 rings (SSSR count). The molecule has 0 aromatic heterocycles. The molecule has 1 aromatic rings. The van der Waals surface area contributed by atoms with E-state index in [2.05, 4.69) is 20.5 Å². The van der Waals surface area contributed by atoms with Gasteiger partial charge in [-0.2, -0.15) is 0 Å². The summed E-state index contributed by atoms with van der Waals surface area (Å²) >= 11 is 0. The molecule has 24 heavy (non-hydrogen) atoms. The standard InChI is InChI=1S/C19H30N4O/c1-20-19(21-12-14-24-18-9-3-2-4-10-18)22-16-11-13-23(15-16)17-7-5-6-8-17/h2-4,9-10,16-17H,5-8,11-15H2,1H3,(H2,20,21,22). The Kier molecular flexibility index (Phi) is 6.35. The van der Waals surface area contributed by atoms with Crippen LogP contribution in [0.1, 0.15) is 32.1 Å². The average molecular weight is 330 g/mol. The van der Waals surface area contributed by atoms with E-state index in [1.54, 1.807) is 0 Å². The van der Waals surface area contributed by atoms with Crippen LogP contribution in [-0.4, -0.2) is 56.2 Å². The van der Waals surface area contributed by atoms with E-state index in [-0.39, 0.29) is 0 Å². The lowest BCUT2D eigenvalue weighted by molar-refractivity contribution is 0.242. The van der Waals surface area contributed by atoms with Crippen molar-refractivity contribution in [2.75, 3.05) is 33.3 Å². The third kappa shape index (κ3) is 4.87. The quantitative estimate of drug-likeness (QED) is 0.477. The molecule has 2 aliphatic rings. The fourth-order valence-corrected chi connectivity index (χ4v) is 3.75. The first-order valence-electron chi connectivity index (χ1n) is 9.24. The number of rotatable bonds is 6. The number of hydrogen-bond acceptors (Lipinski definition) is 3. The molecule has 1 saturated heterocycles. The second-order valence-corrected chi connectivity index (χ2v) is 6.72. The minimum atomic E-state index is 0.506. The zero-order valence-corrected chi connectivity index (χ0v) is 14.7. The van der Waals surface area contributed by atoms with E-state index in [1.165, 1.54) is 38.6 Å². The molecule has 1 atom stereocenters. The summed E-state index contributed by atoms with van der Waals surface area (Å²) in [5.74, 6) is 1.79. The zero-order valence-electron chi connectivity index (χ0n) is 14.7. The van der Waals surface area contributed by atoms with Crippen LogP contribution in [0, 0.1) is 0 Å². The van der Waals surface area contributed by atoms with Crippen molar-refractivity contribution in [3.05, 3.63) is 30.3 Å². The molecule has 1 aliphatic carbocycles. The summed E-state index contributed by atoms with van der Waals surface area (Å²) in [6.45, 7) is 3.74. The van der Waals surface area contributed by atoms with Crippen molar-refractivity contribution in [3.8, 4) is 5.75 Å². The second kappa shape index (κ2) is 8.92. The van der Waals surface area contributed by atoms with Gasteiger partial charge in [-0.05, 0) is 31.4 Å². The first-order valence-corrected chi connectivity index (χ1v) is 9.24. The summed E-state index contributed by atoms with van der Waals surface area (Å²) in [6.07, 6.45) is 6.79. The number of aliphatic imine (C=N–C) groups is 1. The monoisotopic (exact) mass is 330 g/mol. The smallest absolute Gasteiger partial charge is 0.191 e. The van der Waals surface area contributed by atoms with Crippen LogP contribution in [0.2, 0.25) is 0 Å². The van der Waals surface area contributed by atoms with E-state index in [1.807, 2.05) is 37.4 Å². The Morgan fingerprint density at radius 3 is 2.75 bits per heavy atom. The van der Waals surface area contributed by atoms with E-state index >= 15 is 0 Å². The molecule has 132 valence electrons. The first-order chi connectivity index (χ1) is 11.8. The van der Waals surface area contributed by atoms with E-state index in [4.69, 9.17) is 4.74 Å². The van der Waals surface area contributed by atoms with Crippen molar-refractivity contribution in [3.63, 3.8) is 0 Å². The lowest BCUT2D eigenvalue weighted by Gasteiger charge is -2.24. The van der Waals surface area contributed by atoms with Gasteiger partial charge >= 0.3 is 0 Å². The zero-order chi connectivity index (χ0) is 16.6. The molecule has 0 radical (unpaired) electrons. The largest absolute Gasteiger partial charge is 0.492 e. The second-order valence-electron chi connectivity index (χ2n) is 6.72. The number of benzene rings is 1. The molecular formula is C19H30N4O. The summed E-state index contributed by atoms with van der Waals surface area (Å²) in [5.41, 5.74) is 0. The fourth-order valence-electron chi connectivity index (χ4n) is 3.75. The van der Waals surface area contributed by atoms with Crippen LogP contribution in [0.3, 0.4) is 0 Å². The van der Waals surface area contributed by atoms with Crippen molar-refractivity contribution >= 4 is 5.96 Å². The van der Waals surface area contributed by atoms with E-state index in [0.717, 1.165) is 30.8 Å². The normalized spacial score (nSPS) is 22.7. The summed E-state index contributed by atoms with van der Waals surface area (Å²) in [5, 5.41) is 6.91. The summed E-state index contributed by atoms with van der Waals surface area (Å²) in [7, 11) is 1.83. The SMILES string of the molecule is CN=C(NCCOc1ccccc1)NC1CCN(C2CCCC2)C1. The molecule has 1 unspecified atom stereocenters.